The van der Waals surface area contributed by atoms with Crippen LogP contribution in [0.1, 0.15) is 42.2 Å². The van der Waals surface area contributed by atoms with Gasteiger partial charge < -0.3 is 4.42 Å². The molecule has 2 heterocycles. The molecule has 0 amide bonds. The Balaban J connectivity index is 1.72. The fourth-order valence-electron chi connectivity index (χ4n) is 3.16. The van der Waals surface area contributed by atoms with Crippen molar-refractivity contribution in [1.29, 1.82) is 0 Å². The lowest BCUT2D eigenvalue weighted by molar-refractivity contribution is 0.231. The van der Waals surface area contributed by atoms with Crippen LogP contribution in [0, 0.1) is 13.8 Å². The van der Waals surface area contributed by atoms with Gasteiger partial charge in [0.1, 0.15) is 0 Å². The fourth-order valence-corrected chi connectivity index (χ4v) is 3.16. The quantitative estimate of drug-likeness (QED) is 0.860. The van der Waals surface area contributed by atoms with Crippen LogP contribution in [0.2, 0.25) is 0 Å². The number of aryl methyl sites for hydroxylation is 2. The average molecular weight is 271 g/mol. The van der Waals surface area contributed by atoms with Crippen molar-refractivity contribution in [3.05, 3.63) is 47.2 Å². The molecule has 0 radical (unpaired) electrons. The highest BCUT2D eigenvalue weighted by Crippen LogP contribution is 2.33. The van der Waals surface area contributed by atoms with Gasteiger partial charge in [-0.15, -0.1) is 10.2 Å². The minimum Gasteiger partial charge on any atom is -0.424 e. The lowest BCUT2D eigenvalue weighted by Gasteiger charge is -2.18. The summed E-state index contributed by atoms with van der Waals surface area (Å²) in [5.74, 6) is 1.97. The van der Waals surface area contributed by atoms with Crippen LogP contribution < -0.4 is 0 Å². The molecule has 0 aliphatic carbocycles. The lowest BCUT2D eigenvalue weighted by Crippen LogP contribution is -2.26. The maximum atomic E-state index is 5.49. The Labute approximate surface area is 119 Å². The van der Waals surface area contributed by atoms with Gasteiger partial charge in [-0.05, 0) is 37.3 Å². The van der Waals surface area contributed by atoms with E-state index < -0.39 is 0 Å². The molecule has 1 fully saturated rings. The highest BCUT2D eigenvalue weighted by atomic mass is 16.4. The van der Waals surface area contributed by atoms with E-state index >= 15 is 0 Å². The Bertz CT molecular complexity index is 593. The van der Waals surface area contributed by atoms with Crippen molar-refractivity contribution < 1.29 is 4.42 Å². The van der Waals surface area contributed by atoms with Crippen LogP contribution in [-0.2, 0) is 6.54 Å². The fraction of sp³-hybridized carbons (Fsp3) is 0.500. The van der Waals surface area contributed by atoms with E-state index in [9.17, 15) is 0 Å². The van der Waals surface area contributed by atoms with Gasteiger partial charge >= 0.3 is 0 Å². The Morgan fingerprint density at radius 3 is 2.75 bits per heavy atom. The van der Waals surface area contributed by atoms with Crippen LogP contribution in [0.25, 0.3) is 0 Å². The van der Waals surface area contributed by atoms with E-state index in [1.165, 1.54) is 17.5 Å². The number of likely N-dealkylation sites (tertiary alicyclic amines) is 1. The second kappa shape index (κ2) is 5.37. The molecule has 20 heavy (non-hydrogen) atoms. The van der Waals surface area contributed by atoms with E-state index in [0.717, 1.165) is 19.0 Å². The van der Waals surface area contributed by atoms with E-state index in [2.05, 4.69) is 53.2 Å². The van der Waals surface area contributed by atoms with Crippen LogP contribution in [0.15, 0.2) is 28.7 Å². The van der Waals surface area contributed by atoms with Crippen LogP contribution in [0.4, 0.5) is 0 Å². The highest BCUT2D eigenvalue weighted by molar-refractivity contribution is 5.30. The first-order valence-corrected chi connectivity index (χ1v) is 7.22. The zero-order valence-electron chi connectivity index (χ0n) is 12.3. The molecule has 1 aromatic carbocycles. The molecule has 2 atom stereocenters. The second-order valence-corrected chi connectivity index (χ2v) is 5.78. The molecule has 3 rings (SSSR count). The summed E-state index contributed by atoms with van der Waals surface area (Å²) in [5, 5.41) is 8.00. The van der Waals surface area contributed by atoms with Crippen LogP contribution in [0.3, 0.4) is 0 Å². The van der Waals surface area contributed by atoms with Crippen molar-refractivity contribution in [1.82, 2.24) is 15.1 Å². The molecular weight excluding hydrogens is 250 g/mol. The molecule has 0 saturated carbocycles. The van der Waals surface area contributed by atoms with Crippen molar-refractivity contribution in [2.75, 3.05) is 6.54 Å². The molecular formula is C16H21N3O. The van der Waals surface area contributed by atoms with Crippen molar-refractivity contribution in [2.24, 2.45) is 0 Å². The van der Waals surface area contributed by atoms with Gasteiger partial charge in [-0.25, -0.2) is 0 Å². The van der Waals surface area contributed by atoms with Gasteiger partial charge in [-0.1, -0.05) is 24.3 Å². The second-order valence-electron chi connectivity index (χ2n) is 5.78. The van der Waals surface area contributed by atoms with Gasteiger partial charge in [-0.3, -0.25) is 4.90 Å². The first kappa shape index (κ1) is 13.3. The molecule has 2 aromatic rings. The van der Waals surface area contributed by atoms with Crippen molar-refractivity contribution in [3.8, 4) is 0 Å². The number of nitrogens with zero attached hydrogens (tertiary/aromatic N) is 3. The third-order valence-corrected chi connectivity index (χ3v) is 4.24. The summed E-state index contributed by atoms with van der Waals surface area (Å²) in [6.45, 7) is 8.13. The summed E-state index contributed by atoms with van der Waals surface area (Å²) < 4.78 is 5.49. The van der Waals surface area contributed by atoms with Crippen LogP contribution >= 0.6 is 0 Å². The Kier molecular flexibility index (Phi) is 3.57. The van der Waals surface area contributed by atoms with Gasteiger partial charge in [0.25, 0.3) is 0 Å². The lowest BCUT2D eigenvalue weighted by atomic mass is 9.93. The van der Waals surface area contributed by atoms with Gasteiger partial charge in [0.15, 0.2) is 0 Å². The molecule has 1 saturated heterocycles. The van der Waals surface area contributed by atoms with Gasteiger partial charge in [0.05, 0.1) is 6.54 Å². The predicted octanol–water partition coefficient (Wildman–Crippen LogP) is 3.06. The standard InChI is InChI=1S/C16H21N3O/c1-11-6-4-5-7-15(11)14-8-12(2)19(9-14)10-16-18-17-13(3)20-16/h4-7,12,14H,8-10H2,1-3H3/t12-,14-/m1/s1. The molecule has 1 aliphatic heterocycles. The molecule has 106 valence electrons. The minimum absolute atomic E-state index is 0.548. The smallest absolute Gasteiger partial charge is 0.230 e. The van der Waals surface area contributed by atoms with Crippen LogP contribution in [-0.4, -0.2) is 27.7 Å². The highest BCUT2D eigenvalue weighted by Gasteiger charge is 2.31. The minimum atomic E-state index is 0.548. The van der Waals surface area contributed by atoms with Gasteiger partial charge in [0.2, 0.25) is 11.8 Å². The summed E-state index contributed by atoms with van der Waals surface area (Å²) in [4.78, 5) is 2.43. The molecule has 0 bridgehead atoms. The summed E-state index contributed by atoms with van der Waals surface area (Å²) >= 11 is 0. The summed E-state index contributed by atoms with van der Waals surface area (Å²) in [6, 6.07) is 9.25. The van der Waals surface area contributed by atoms with E-state index in [0.29, 0.717) is 17.9 Å². The van der Waals surface area contributed by atoms with Crippen molar-refractivity contribution >= 4 is 0 Å². The number of benzene rings is 1. The first-order valence-electron chi connectivity index (χ1n) is 7.22. The maximum Gasteiger partial charge on any atom is 0.230 e. The third-order valence-electron chi connectivity index (χ3n) is 4.24. The van der Waals surface area contributed by atoms with Crippen molar-refractivity contribution in [2.45, 2.75) is 45.7 Å². The molecule has 1 aliphatic rings. The molecule has 0 spiro atoms. The average Bonchev–Trinajstić information content (AvgIpc) is 2.98. The Hall–Kier alpha value is -1.68. The van der Waals surface area contributed by atoms with E-state index in [4.69, 9.17) is 4.42 Å². The molecule has 0 unspecified atom stereocenters. The van der Waals surface area contributed by atoms with E-state index in [1.807, 2.05) is 6.92 Å². The zero-order valence-corrected chi connectivity index (χ0v) is 12.3. The summed E-state index contributed by atoms with van der Waals surface area (Å²) in [6.07, 6.45) is 1.19. The monoisotopic (exact) mass is 271 g/mol. The largest absolute Gasteiger partial charge is 0.424 e. The molecule has 4 nitrogen and oxygen atoms in total. The molecule has 1 aromatic heterocycles. The number of hydrogen-bond acceptors (Lipinski definition) is 4. The third kappa shape index (κ3) is 2.61. The van der Waals surface area contributed by atoms with Gasteiger partial charge in [0, 0.05) is 19.5 Å². The summed E-state index contributed by atoms with van der Waals surface area (Å²) in [5.41, 5.74) is 2.86. The van der Waals surface area contributed by atoms with E-state index in [1.54, 1.807) is 0 Å². The number of rotatable bonds is 3. The molecule has 0 N–H and O–H groups in total. The zero-order chi connectivity index (χ0) is 14.1. The number of aromatic nitrogens is 2. The topological polar surface area (TPSA) is 42.2 Å². The van der Waals surface area contributed by atoms with Gasteiger partial charge in [-0.2, -0.15) is 0 Å². The normalized spacial score (nSPS) is 23.4. The predicted molar refractivity (Wildman–Crippen MR) is 77.4 cm³/mol. The SMILES string of the molecule is Cc1nnc(CN2C[C@H](c3ccccc3C)C[C@H]2C)o1. The first-order chi connectivity index (χ1) is 9.63. The Morgan fingerprint density at radius 2 is 2.05 bits per heavy atom. The van der Waals surface area contributed by atoms with Crippen LogP contribution in [0.5, 0.6) is 0 Å². The Morgan fingerprint density at radius 1 is 1.25 bits per heavy atom. The molecule has 4 heteroatoms. The maximum absolute atomic E-state index is 5.49. The van der Waals surface area contributed by atoms with Crippen molar-refractivity contribution in [3.63, 3.8) is 0 Å². The van der Waals surface area contributed by atoms with E-state index in [-0.39, 0.29) is 0 Å². The summed E-state index contributed by atoms with van der Waals surface area (Å²) in [7, 11) is 0. The number of hydrogen-bond donors (Lipinski definition) is 0.